The molecule has 0 radical (unpaired) electrons. The summed E-state index contributed by atoms with van der Waals surface area (Å²) in [5.41, 5.74) is 6.24. The minimum absolute atomic E-state index is 0.0715. The maximum atomic E-state index is 13.0. The molecular formula is C40H52N8O6. The highest BCUT2D eigenvalue weighted by Crippen LogP contribution is 2.29. The molecule has 0 bridgehead atoms. The van der Waals surface area contributed by atoms with Gasteiger partial charge in [0.05, 0.1) is 5.56 Å². The molecule has 2 heterocycles. The molecule has 54 heavy (non-hydrogen) atoms. The first-order valence-corrected chi connectivity index (χ1v) is 18.2. The van der Waals surface area contributed by atoms with E-state index in [9.17, 15) is 19.2 Å². The van der Waals surface area contributed by atoms with Gasteiger partial charge in [-0.25, -0.2) is 14.6 Å². The first kappa shape index (κ1) is 40.9. The Bertz CT molecular complexity index is 1830. The number of nitrogens with zero attached hydrogens (tertiary/aromatic N) is 3. The van der Waals surface area contributed by atoms with E-state index in [0.717, 1.165) is 38.2 Å². The van der Waals surface area contributed by atoms with Gasteiger partial charge in [0.1, 0.15) is 11.5 Å². The molecule has 5 amide bonds. The Hall–Kier alpha value is -5.86. The van der Waals surface area contributed by atoms with Crippen LogP contribution >= 0.6 is 0 Å². The molecule has 1 aromatic heterocycles. The molecule has 5 rings (SSSR count). The van der Waals surface area contributed by atoms with Gasteiger partial charge >= 0.3 is 12.1 Å². The van der Waals surface area contributed by atoms with Crippen LogP contribution in [0.1, 0.15) is 72.2 Å². The number of anilines is 2. The van der Waals surface area contributed by atoms with E-state index in [4.69, 9.17) is 9.84 Å². The van der Waals surface area contributed by atoms with Crippen LogP contribution in [0, 0.1) is 0 Å². The molecule has 14 heteroatoms. The third-order valence-electron chi connectivity index (χ3n) is 8.73. The Morgan fingerprint density at radius 2 is 1.50 bits per heavy atom. The molecule has 0 saturated carbocycles. The number of amides is 5. The SMILES string of the molecule is CCC(CC)NC(=O)Nc1ccc(Oc2ccc(NC(=O)c3ccc(-n4ccc(CN5CCCCC5)c4)cc3)cc2)c(C(=O)NC)c1.CN(C)NC(=O)O. The van der Waals surface area contributed by atoms with Gasteiger partial charge in [-0.15, -0.1) is 0 Å². The number of carbonyl (C=O) groups excluding carboxylic acids is 3. The second-order valence-electron chi connectivity index (χ2n) is 13.1. The van der Waals surface area contributed by atoms with Crippen LogP contribution in [-0.4, -0.2) is 83.8 Å². The van der Waals surface area contributed by atoms with Crippen LogP contribution in [0.4, 0.5) is 21.0 Å². The lowest BCUT2D eigenvalue weighted by molar-refractivity contribution is 0.0959. The molecule has 1 fully saturated rings. The monoisotopic (exact) mass is 740 g/mol. The maximum absolute atomic E-state index is 13.0. The van der Waals surface area contributed by atoms with Gasteiger partial charge in [-0.1, -0.05) is 20.3 Å². The summed E-state index contributed by atoms with van der Waals surface area (Å²) in [5, 5.41) is 20.5. The van der Waals surface area contributed by atoms with E-state index >= 15 is 0 Å². The normalized spacial score (nSPS) is 12.6. The van der Waals surface area contributed by atoms with Gasteiger partial charge < -0.3 is 35.7 Å². The second-order valence-corrected chi connectivity index (χ2v) is 13.1. The number of ether oxygens (including phenoxy) is 1. The number of urea groups is 1. The second kappa shape index (κ2) is 20.4. The molecular weight excluding hydrogens is 688 g/mol. The van der Waals surface area contributed by atoms with Gasteiger partial charge in [0.2, 0.25) is 0 Å². The van der Waals surface area contributed by atoms with Gasteiger partial charge in [-0.05, 0) is 117 Å². The zero-order valence-corrected chi connectivity index (χ0v) is 31.6. The van der Waals surface area contributed by atoms with Crippen molar-refractivity contribution in [2.24, 2.45) is 0 Å². The Labute approximate surface area is 316 Å². The number of rotatable bonds is 13. The van der Waals surface area contributed by atoms with Crippen molar-refractivity contribution >= 4 is 35.3 Å². The van der Waals surface area contributed by atoms with E-state index in [0.29, 0.717) is 28.4 Å². The lowest BCUT2D eigenvalue weighted by Crippen LogP contribution is -2.37. The van der Waals surface area contributed by atoms with Crippen LogP contribution in [0.5, 0.6) is 11.5 Å². The first-order valence-electron chi connectivity index (χ1n) is 18.2. The average molecular weight is 741 g/mol. The van der Waals surface area contributed by atoms with Gasteiger partial charge in [0, 0.05) is 68.7 Å². The van der Waals surface area contributed by atoms with Gasteiger partial charge in [0.15, 0.2) is 0 Å². The lowest BCUT2D eigenvalue weighted by Gasteiger charge is -2.25. The summed E-state index contributed by atoms with van der Waals surface area (Å²) >= 11 is 0. The Kier molecular flexibility index (Phi) is 15.5. The van der Waals surface area contributed by atoms with Crippen molar-refractivity contribution in [1.29, 1.82) is 0 Å². The smallest absolute Gasteiger partial charge is 0.419 e. The van der Waals surface area contributed by atoms with Crippen molar-refractivity contribution in [3.05, 3.63) is 102 Å². The van der Waals surface area contributed by atoms with Crippen molar-refractivity contribution in [2.75, 3.05) is 44.9 Å². The van der Waals surface area contributed by atoms with Gasteiger partial charge in [-0.2, -0.15) is 0 Å². The van der Waals surface area contributed by atoms with E-state index in [-0.39, 0.29) is 29.5 Å². The zero-order valence-electron chi connectivity index (χ0n) is 31.6. The minimum Gasteiger partial charge on any atom is -0.464 e. The molecule has 0 spiro atoms. The number of nitrogens with one attached hydrogen (secondary N) is 5. The Morgan fingerprint density at radius 3 is 2.09 bits per heavy atom. The van der Waals surface area contributed by atoms with Crippen molar-refractivity contribution < 1.29 is 29.0 Å². The largest absolute Gasteiger partial charge is 0.464 e. The molecule has 3 aromatic carbocycles. The average Bonchev–Trinajstić information content (AvgIpc) is 3.63. The summed E-state index contributed by atoms with van der Waals surface area (Å²) < 4.78 is 8.12. The summed E-state index contributed by atoms with van der Waals surface area (Å²) in [6, 6.07) is 21.2. The number of piperidine rings is 1. The summed E-state index contributed by atoms with van der Waals surface area (Å²) in [7, 11) is 4.74. The van der Waals surface area contributed by atoms with E-state index in [1.165, 1.54) is 36.9 Å². The highest BCUT2D eigenvalue weighted by atomic mass is 16.5. The predicted molar refractivity (Wildman–Crippen MR) is 211 cm³/mol. The number of hydrogen-bond acceptors (Lipinski definition) is 7. The number of carboxylic acid groups (broad SMARTS) is 1. The highest BCUT2D eigenvalue weighted by Gasteiger charge is 2.16. The van der Waals surface area contributed by atoms with Crippen LogP contribution in [0.15, 0.2) is 85.2 Å². The molecule has 1 aliphatic rings. The minimum atomic E-state index is -1.04. The molecule has 0 unspecified atom stereocenters. The van der Waals surface area contributed by atoms with Crippen LogP contribution < -0.4 is 31.4 Å². The number of benzene rings is 3. The van der Waals surface area contributed by atoms with Crippen molar-refractivity contribution in [1.82, 2.24) is 30.5 Å². The molecule has 6 N–H and O–H groups in total. The molecule has 288 valence electrons. The molecule has 0 aliphatic carbocycles. The fourth-order valence-corrected chi connectivity index (χ4v) is 5.84. The highest BCUT2D eigenvalue weighted by molar-refractivity contribution is 6.04. The van der Waals surface area contributed by atoms with Crippen LogP contribution in [-0.2, 0) is 6.54 Å². The predicted octanol–water partition coefficient (Wildman–Crippen LogP) is 6.91. The molecule has 14 nitrogen and oxygen atoms in total. The van der Waals surface area contributed by atoms with Crippen LogP contribution in [0.2, 0.25) is 0 Å². The Balaban J connectivity index is 0.000000845. The van der Waals surface area contributed by atoms with Crippen molar-refractivity contribution in [2.45, 2.75) is 58.5 Å². The number of carbonyl (C=O) groups is 4. The summed E-state index contributed by atoms with van der Waals surface area (Å²) in [6.07, 6.45) is 8.71. The third kappa shape index (κ3) is 12.7. The number of likely N-dealkylation sites (tertiary alicyclic amines) is 1. The van der Waals surface area contributed by atoms with Crippen molar-refractivity contribution in [3.8, 4) is 17.2 Å². The summed E-state index contributed by atoms with van der Waals surface area (Å²) in [5.74, 6) is 0.236. The Morgan fingerprint density at radius 1 is 0.833 bits per heavy atom. The molecule has 0 atom stereocenters. The molecule has 1 saturated heterocycles. The van der Waals surface area contributed by atoms with Gasteiger partial charge in [0.25, 0.3) is 11.8 Å². The topological polar surface area (TPSA) is 169 Å². The van der Waals surface area contributed by atoms with Crippen molar-refractivity contribution in [3.63, 3.8) is 0 Å². The number of hydrogen-bond donors (Lipinski definition) is 6. The fourth-order valence-electron chi connectivity index (χ4n) is 5.84. The van der Waals surface area contributed by atoms with E-state index in [1.54, 1.807) is 56.6 Å². The number of hydrazine groups is 1. The van der Waals surface area contributed by atoms with Crippen LogP contribution in [0.3, 0.4) is 0 Å². The van der Waals surface area contributed by atoms with E-state index in [2.05, 4.69) is 54.6 Å². The zero-order chi connectivity index (χ0) is 39.0. The first-order chi connectivity index (χ1) is 26.0. The van der Waals surface area contributed by atoms with Gasteiger partial charge in [-0.3, -0.25) is 19.9 Å². The summed E-state index contributed by atoms with van der Waals surface area (Å²) in [4.78, 5) is 50.2. The maximum Gasteiger partial charge on any atom is 0.419 e. The molecule has 1 aliphatic heterocycles. The molecule has 4 aromatic rings. The summed E-state index contributed by atoms with van der Waals surface area (Å²) in [6.45, 7) is 7.32. The fraction of sp³-hybridized carbons (Fsp3) is 0.350. The van der Waals surface area contributed by atoms with E-state index in [1.807, 2.05) is 38.1 Å². The third-order valence-corrected chi connectivity index (χ3v) is 8.73. The van der Waals surface area contributed by atoms with E-state index < -0.39 is 6.09 Å². The number of aromatic nitrogens is 1. The van der Waals surface area contributed by atoms with Crippen LogP contribution in [0.25, 0.3) is 5.69 Å². The quantitative estimate of drug-likeness (QED) is 0.0804. The standard InChI is InChI=1S/C37H44N6O4.C3H8N2O2/c1-4-28(5-2)40-37(46)41-30-13-18-34(33(23-30)36(45)38-3)47-32-16-11-29(12-17-32)39-35(44)27-9-14-31(15-10-27)43-22-19-26(25-43)24-42-20-7-6-8-21-42;1-5(2)4-3(6)7/h9-19,22-23,25,28H,4-8,20-21,24H2,1-3H3,(H,38,45)(H,39,44)(H2,40,41,46);4H,1-2H3,(H,6,7). The lowest BCUT2D eigenvalue weighted by atomic mass is 10.1.